The highest BCUT2D eigenvalue weighted by atomic mass is 19.4. The lowest BCUT2D eigenvalue weighted by atomic mass is 9.97. The first-order chi connectivity index (χ1) is 25.9. The number of aryl methyl sites for hydroxylation is 1. The van der Waals surface area contributed by atoms with E-state index in [9.17, 15) is 101 Å². The van der Waals surface area contributed by atoms with Crippen molar-refractivity contribution in [3.63, 3.8) is 0 Å². The standard InChI is InChI=1S/C30H25F23N2O3/c1-2-3-4-5-6-7-8-16-13-54-19(55-14-16)17-9-11-18(12-10-17)56-15-20(31,32)21(33,34)27(46,47)57-29(50,51)30(52,53)58-28(48,49)25(41,42)23(37,38)22(35,36)24(39,40)26(43,44)45/h9-14H,2-8,15H2,1H3. The van der Waals surface area contributed by atoms with Gasteiger partial charge < -0.3 is 4.74 Å². The van der Waals surface area contributed by atoms with Crippen LogP contribution in [0.25, 0.3) is 11.4 Å². The van der Waals surface area contributed by atoms with Crippen LogP contribution in [0.1, 0.15) is 51.0 Å². The first-order valence-corrected chi connectivity index (χ1v) is 15.7. The Labute approximate surface area is 309 Å². The highest BCUT2D eigenvalue weighted by molar-refractivity contribution is 5.55. The van der Waals surface area contributed by atoms with Crippen LogP contribution in [0.4, 0.5) is 101 Å². The summed E-state index contributed by atoms with van der Waals surface area (Å²) in [5.74, 6) is -49.9. The molecule has 28 heteroatoms. The summed E-state index contributed by atoms with van der Waals surface area (Å²) in [5, 5.41) is 0. The minimum atomic E-state index is -8.93. The largest absolute Gasteiger partial charge is 0.487 e. The fourth-order valence-corrected chi connectivity index (χ4v) is 4.24. The van der Waals surface area contributed by atoms with Crippen molar-refractivity contribution in [2.75, 3.05) is 6.61 Å². The Balaban J connectivity index is 2.20. The summed E-state index contributed by atoms with van der Waals surface area (Å²) in [6, 6.07) is 3.45. The molecular weight excluding hydrogens is 873 g/mol. The van der Waals surface area contributed by atoms with E-state index in [0.29, 0.717) is 6.42 Å². The number of nitrogens with zero attached hydrogens (tertiary/aromatic N) is 2. The van der Waals surface area contributed by atoms with Crippen molar-refractivity contribution in [1.82, 2.24) is 9.97 Å². The molecule has 0 spiro atoms. The number of hydrogen-bond donors (Lipinski definition) is 0. The predicted molar refractivity (Wildman–Crippen MR) is 148 cm³/mol. The number of unbranched alkanes of at least 4 members (excludes halogenated alkanes) is 5. The first kappa shape index (κ1) is 50.6. The molecule has 0 aliphatic rings. The second kappa shape index (κ2) is 16.8. The SMILES string of the molecule is CCCCCCCCc1cnc(-c2ccc(OCC(F)(F)C(F)(F)C(F)(F)OC(F)(F)C(F)(F)OC(F)(F)C(F)(F)C(F)(F)C(F)(F)C(F)(F)C(F)(F)F)cc2)nc1. The number of rotatable bonds is 22. The molecule has 1 aromatic heterocycles. The maximum atomic E-state index is 14.2. The van der Waals surface area contributed by atoms with Gasteiger partial charge in [0.25, 0.3) is 0 Å². The number of alkyl halides is 23. The van der Waals surface area contributed by atoms with Crippen molar-refractivity contribution >= 4 is 0 Å². The van der Waals surface area contributed by atoms with Crippen LogP contribution >= 0.6 is 0 Å². The van der Waals surface area contributed by atoms with Crippen molar-refractivity contribution in [3.8, 4) is 17.1 Å². The Morgan fingerprint density at radius 2 is 0.879 bits per heavy atom. The molecule has 0 bridgehead atoms. The van der Waals surface area contributed by atoms with Crippen LogP contribution in [0.3, 0.4) is 0 Å². The molecule has 0 radical (unpaired) electrons. The van der Waals surface area contributed by atoms with E-state index < -0.39 is 78.5 Å². The summed E-state index contributed by atoms with van der Waals surface area (Å²) >= 11 is 0. The Hall–Kier alpha value is -3.59. The van der Waals surface area contributed by atoms with Crippen LogP contribution < -0.4 is 4.74 Å². The topological polar surface area (TPSA) is 53.5 Å². The Kier molecular flexibility index (Phi) is 14.7. The van der Waals surface area contributed by atoms with Crippen molar-refractivity contribution in [2.24, 2.45) is 0 Å². The molecule has 0 aliphatic heterocycles. The minimum absolute atomic E-state index is 0.0183. The molecule has 0 N–H and O–H groups in total. The molecule has 0 amide bonds. The second-order valence-corrected chi connectivity index (χ2v) is 12.1. The number of hydrogen-bond acceptors (Lipinski definition) is 5. The normalized spacial score (nSPS) is 14.9. The Morgan fingerprint density at radius 3 is 1.33 bits per heavy atom. The van der Waals surface area contributed by atoms with Crippen LogP contribution in [0, 0.1) is 0 Å². The number of benzene rings is 1. The van der Waals surface area contributed by atoms with Gasteiger partial charge in [0.15, 0.2) is 12.4 Å². The molecule has 0 atom stereocenters. The van der Waals surface area contributed by atoms with Crippen LogP contribution in [0.15, 0.2) is 36.7 Å². The van der Waals surface area contributed by atoms with E-state index in [4.69, 9.17) is 0 Å². The molecular formula is C30H25F23N2O3. The zero-order valence-corrected chi connectivity index (χ0v) is 28.4. The molecule has 334 valence electrons. The van der Waals surface area contributed by atoms with E-state index in [2.05, 4.69) is 21.6 Å². The van der Waals surface area contributed by atoms with Gasteiger partial charge in [-0.05, 0) is 42.7 Å². The van der Waals surface area contributed by atoms with Gasteiger partial charge in [-0.15, -0.1) is 0 Å². The molecule has 0 unspecified atom stereocenters. The summed E-state index contributed by atoms with van der Waals surface area (Å²) in [7, 11) is 0. The van der Waals surface area contributed by atoms with Gasteiger partial charge in [-0.25, -0.2) is 19.4 Å². The quantitative estimate of drug-likeness (QED) is 0.0870. The summed E-state index contributed by atoms with van der Waals surface area (Å²) in [5.41, 5.74) is 0.863. The highest BCUT2D eigenvalue weighted by Gasteiger charge is 2.92. The van der Waals surface area contributed by atoms with Crippen LogP contribution in [0.2, 0.25) is 0 Å². The van der Waals surface area contributed by atoms with E-state index in [0.717, 1.165) is 73.1 Å². The van der Waals surface area contributed by atoms with Gasteiger partial charge in [0.2, 0.25) is 0 Å². The average Bonchev–Trinajstić information content (AvgIpc) is 3.07. The monoisotopic (exact) mass is 898 g/mol. The lowest BCUT2D eigenvalue weighted by molar-refractivity contribution is -0.556. The molecule has 0 aliphatic carbocycles. The molecule has 58 heavy (non-hydrogen) atoms. The van der Waals surface area contributed by atoms with Gasteiger partial charge in [0.1, 0.15) is 5.75 Å². The number of aromatic nitrogens is 2. The molecule has 2 aromatic rings. The molecule has 1 heterocycles. The van der Waals surface area contributed by atoms with Gasteiger partial charge in [0, 0.05) is 18.0 Å². The fraction of sp³-hybridized carbons (Fsp3) is 0.667. The van der Waals surface area contributed by atoms with Crippen molar-refractivity contribution < 1.29 is 115 Å². The molecule has 0 fully saturated rings. The molecule has 0 saturated heterocycles. The molecule has 1 aromatic carbocycles. The van der Waals surface area contributed by atoms with Gasteiger partial charge in [0.05, 0.1) is 0 Å². The number of ether oxygens (including phenoxy) is 3. The second-order valence-electron chi connectivity index (χ2n) is 12.1. The lowest BCUT2D eigenvalue weighted by Gasteiger charge is -2.40. The van der Waals surface area contributed by atoms with E-state index in [1.165, 1.54) is 17.1 Å². The van der Waals surface area contributed by atoms with E-state index >= 15 is 0 Å². The van der Waals surface area contributed by atoms with E-state index in [-0.39, 0.29) is 11.4 Å². The summed E-state index contributed by atoms with van der Waals surface area (Å²) in [6.45, 7) is -0.925. The van der Waals surface area contributed by atoms with Gasteiger partial charge in [-0.1, -0.05) is 39.0 Å². The molecule has 5 nitrogen and oxygen atoms in total. The molecule has 0 saturated carbocycles. The summed E-state index contributed by atoms with van der Waals surface area (Å²) in [4.78, 5) is 8.14. The first-order valence-electron chi connectivity index (χ1n) is 15.7. The zero-order valence-electron chi connectivity index (χ0n) is 28.4. The third-order valence-corrected chi connectivity index (χ3v) is 7.64. The third kappa shape index (κ3) is 9.88. The smallest absolute Gasteiger partial charge is 0.460 e. The van der Waals surface area contributed by atoms with Gasteiger partial charge >= 0.3 is 66.1 Å². The maximum Gasteiger partial charge on any atom is 0.460 e. The average molecular weight is 898 g/mol. The van der Waals surface area contributed by atoms with Crippen LogP contribution in [-0.4, -0.2) is 82.7 Å². The molecule has 2 rings (SSSR count). The number of halogens is 23. The van der Waals surface area contributed by atoms with Crippen molar-refractivity contribution in [1.29, 1.82) is 0 Å². The van der Waals surface area contributed by atoms with Crippen LogP contribution in [0.5, 0.6) is 5.75 Å². The van der Waals surface area contributed by atoms with Crippen molar-refractivity contribution in [3.05, 3.63) is 42.2 Å². The van der Waals surface area contributed by atoms with Gasteiger partial charge in [-0.2, -0.15) is 101 Å². The van der Waals surface area contributed by atoms with Gasteiger partial charge in [-0.3, -0.25) is 0 Å². The zero-order chi connectivity index (χ0) is 45.2. The third-order valence-electron chi connectivity index (χ3n) is 7.64. The fourth-order valence-electron chi connectivity index (χ4n) is 4.24. The highest BCUT2D eigenvalue weighted by Crippen LogP contribution is 2.62. The predicted octanol–water partition coefficient (Wildman–Crippen LogP) is 12.2. The minimum Gasteiger partial charge on any atom is -0.487 e. The lowest BCUT2D eigenvalue weighted by Crippen LogP contribution is -2.71. The summed E-state index contributed by atoms with van der Waals surface area (Å²) < 4.78 is 316. The Bertz CT molecular complexity index is 1630. The Morgan fingerprint density at radius 1 is 0.466 bits per heavy atom. The van der Waals surface area contributed by atoms with E-state index in [1.54, 1.807) is 0 Å². The summed E-state index contributed by atoms with van der Waals surface area (Å²) in [6.07, 6.45) is -31.2. The van der Waals surface area contributed by atoms with E-state index in [1.807, 2.05) is 0 Å². The van der Waals surface area contributed by atoms with Crippen LogP contribution in [-0.2, 0) is 15.9 Å². The maximum absolute atomic E-state index is 14.2. The van der Waals surface area contributed by atoms with Crippen molar-refractivity contribution in [2.45, 2.75) is 118 Å².